The van der Waals surface area contributed by atoms with Crippen LogP contribution in [-0.2, 0) is 14.8 Å². The summed E-state index contributed by atoms with van der Waals surface area (Å²) in [6, 6.07) is 11.9. The first kappa shape index (κ1) is 21.2. The Balaban J connectivity index is 2.09. The number of nitrogens with zero attached hydrogens (tertiary/aromatic N) is 1. The van der Waals surface area contributed by atoms with Gasteiger partial charge in [-0.1, -0.05) is 31.5 Å². The Kier molecular flexibility index (Phi) is 7.24. The van der Waals surface area contributed by atoms with Gasteiger partial charge in [0.15, 0.2) is 0 Å². The van der Waals surface area contributed by atoms with Crippen molar-refractivity contribution in [3.05, 3.63) is 53.1 Å². The second kappa shape index (κ2) is 9.21. The van der Waals surface area contributed by atoms with E-state index >= 15 is 0 Å². The van der Waals surface area contributed by atoms with Crippen molar-refractivity contribution in [1.82, 2.24) is 4.31 Å². The molecule has 0 atom stereocenters. The smallest absolute Gasteiger partial charge is 0.243 e. The van der Waals surface area contributed by atoms with Crippen LogP contribution in [0.25, 0.3) is 0 Å². The highest BCUT2D eigenvalue weighted by atomic mass is 35.5. The fraction of sp³-hybridized carbons (Fsp3) is 0.316. The molecule has 0 spiro atoms. The monoisotopic (exact) mass is 409 g/mol. The second-order valence-corrected chi connectivity index (χ2v) is 8.32. The Bertz CT molecular complexity index is 895. The molecular weight excluding hydrogens is 386 g/mol. The molecule has 0 unspecified atom stereocenters. The molecule has 27 heavy (non-hydrogen) atoms. The molecule has 2 rings (SSSR count). The van der Waals surface area contributed by atoms with Crippen molar-refractivity contribution < 1.29 is 13.2 Å². The number of aryl methyl sites for hydroxylation is 1. The van der Waals surface area contributed by atoms with E-state index in [1.807, 2.05) is 0 Å². The highest BCUT2D eigenvalue weighted by molar-refractivity contribution is 7.89. The van der Waals surface area contributed by atoms with Crippen molar-refractivity contribution >= 4 is 38.9 Å². The normalized spacial score (nSPS) is 11.4. The van der Waals surface area contributed by atoms with Gasteiger partial charge in [-0.2, -0.15) is 4.31 Å². The number of benzene rings is 2. The zero-order valence-corrected chi connectivity index (χ0v) is 17.2. The fourth-order valence-corrected chi connectivity index (χ4v) is 4.45. The van der Waals surface area contributed by atoms with E-state index in [2.05, 4.69) is 10.6 Å². The van der Waals surface area contributed by atoms with E-state index in [0.29, 0.717) is 35.1 Å². The summed E-state index contributed by atoms with van der Waals surface area (Å²) in [4.78, 5) is 12.3. The minimum Gasteiger partial charge on any atom is -0.376 e. The zero-order chi connectivity index (χ0) is 20.0. The quantitative estimate of drug-likeness (QED) is 0.696. The Morgan fingerprint density at radius 3 is 2.22 bits per heavy atom. The molecule has 0 aliphatic rings. The number of nitrogens with one attached hydrogen (secondary N) is 2. The first-order valence-electron chi connectivity index (χ1n) is 8.68. The van der Waals surface area contributed by atoms with Crippen LogP contribution in [0.2, 0.25) is 5.02 Å². The average molecular weight is 410 g/mol. The lowest BCUT2D eigenvalue weighted by molar-refractivity contribution is -0.114. The zero-order valence-electron chi connectivity index (χ0n) is 15.6. The number of carbonyl (C=O) groups excluding carboxylic acids is 1. The molecule has 0 saturated heterocycles. The Labute approximate surface area is 165 Å². The van der Waals surface area contributed by atoms with E-state index in [1.165, 1.54) is 4.31 Å². The third-order valence-electron chi connectivity index (χ3n) is 4.09. The number of rotatable bonds is 8. The van der Waals surface area contributed by atoms with Gasteiger partial charge in [-0.3, -0.25) is 4.79 Å². The SMILES string of the molecule is CCN(CC)S(=O)(=O)c1cc(NCC(=O)Nc2ccc(Cl)cc2)ccc1C. The van der Waals surface area contributed by atoms with E-state index in [9.17, 15) is 13.2 Å². The van der Waals surface area contributed by atoms with Crippen molar-refractivity contribution in [1.29, 1.82) is 0 Å². The second-order valence-electron chi connectivity index (χ2n) is 5.98. The van der Waals surface area contributed by atoms with Crippen LogP contribution in [0, 0.1) is 6.92 Å². The summed E-state index contributed by atoms with van der Waals surface area (Å²) in [5.41, 5.74) is 1.87. The molecule has 2 N–H and O–H groups in total. The van der Waals surface area contributed by atoms with Crippen molar-refractivity contribution in [2.45, 2.75) is 25.7 Å². The van der Waals surface area contributed by atoms with Crippen LogP contribution in [0.1, 0.15) is 19.4 Å². The van der Waals surface area contributed by atoms with Gasteiger partial charge in [-0.25, -0.2) is 8.42 Å². The van der Waals surface area contributed by atoms with Crippen molar-refractivity contribution in [2.24, 2.45) is 0 Å². The number of sulfonamides is 1. The molecular formula is C19H24ClN3O3S. The Morgan fingerprint density at radius 2 is 1.63 bits per heavy atom. The summed E-state index contributed by atoms with van der Waals surface area (Å²) in [7, 11) is -3.57. The van der Waals surface area contributed by atoms with Gasteiger partial charge in [0.05, 0.1) is 11.4 Å². The van der Waals surface area contributed by atoms with Crippen LogP contribution in [0.3, 0.4) is 0 Å². The molecule has 0 heterocycles. The molecule has 1 amide bonds. The molecule has 0 aromatic heterocycles. The third kappa shape index (κ3) is 5.45. The van der Waals surface area contributed by atoms with Crippen LogP contribution < -0.4 is 10.6 Å². The van der Waals surface area contributed by atoms with Crippen LogP contribution in [0.5, 0.6) is 0 Å². The topological polar surface area (TPSA) is 78.5 Å². The summed E-state index contributed by atoms with van der Waals surface area (Å²) < 4.78 is 27.0. The summed E-state index contributed by atoms with van der Waals surface area (Å²) in [6.07, 6.45) is 0. The van der Waals surface area contributed by atoms with Gasteiger partial charge in [0.25, 0.3) is 0 Å². The minimum atomic E-state index is -3.57. The van der Waals surface area contributed by atoms with E-state index in [-0.39, 0.29) is 17.3 Å². The number of halogens is 1. The molecule has 0 bridgehead atoms. The molecule has 0 saturated carbocycles. The predicted molar refractivity (Wildman–Crippen MR) is 110 cm³/mol. The van der Waals surface area contributed by atoms with E-state index in [1.54, 1.807) is 63.2 Å². The molecule has 2 aromatic carbocycles. The molecule has 8 heteroatoms. The number of hydrogen-bond donors (Lipinski definition) is 2. The number of amides is 1. The lowest BCUT2D eigenvalue weighted by Crippen LogP contribution is -2.31. The third-order valence-corrected chi connectivity index (χ3v) is 6.54. The average Bonchev–Trinajstić information content (AvgIpc) is 2.63. The van der Waals surface area contributed by atoms with Gasteiger partial charge in [-0.05, 0) is 48.9 Å². The van der Waals surface area contributed by atoms with Gasteiger partial charge in [-0.15, -0.1) is 0 Å². The first-order chi connectivity index (χ1) is 12.8. The van der Waals surface area contributed by atoms with E-state index in [0.717, 1.165) is 0 Å². The van der Waals surface area contributed by atoms with E-state index in [4.69, 9.17) is 11.6 Å². The van der Waals surface area contributed by atoms with Crippen LogP contribution in [0.15, 0.2) is 47.4 Å². The number of anilines is 2. The van der Waals surface area contributed by atoms with E-state index < -0.39 is 10.0 Å². The molecule has 2 aromatic rings. The number of hydrogen-bond acceptors (Lipinski definition) is 4. The summed E-state index contributed by atoms with van der Waals surface area (Å²) in [5, 5.41) is 6.31. The summed E-state index contributed by atoms with van der Waals surface area (Å²) >= 11 is 5.82. The molecule has 0 aliphatic heterocycles. The minimum absolute atomic E-state index is 0.0104. The molecule has 0 aliphatic carbocycles. The highest BCUT2D eigenvalue weighted by Gasteiger charge is 2.23. The molecule has 0 fully saturated rings. The lowest BCUT2D eigenvalue weighted by Gasteiger charge is -2.20. The number of carbonyl (C=O) groups is 1. The van der Waals surface area contributed by atoms with Gasteiger partial charge in [0.1, 0.15) is 0 Å². The maximum absolute atomic E-state index is 12.8. The Hall–Kier alpha value is -2.09. The van der Waals surface area contributed by atoms with Crippen molar-refractivity contribution in [3.63, 3.8) is 0 Å². The largest absolute Gasteiger partial charge is 0.376 e. The summed E-state index contributed by atoms with van der Waals surface area (Å²) in [5.74, 6) is -0.244. The summed E-state index contributed by atoms with van der Waals surface area (Å²) in [6.45, 7) is 6.18. The van der Waals surface area contributed by atoms with Crippen molar-refractivity contribution in [3.8, 4) is 0 Å². The van der Waals surface area contributed by atoms with Crippen molar-refractivity contribution in [2.75, 3.05) is 30.3 Å². The fourth-order valence-electron chi connectivity index (χ4n) is 2.61. The maximum Gasteiger partial charge on any atom is 0.243 e. The molecule has 0 radical (unpaired) electrons. The van der Waals surface area contributed by atoms with Crippen LogP contribution in [0.4, 0.5) is 11.4 Å². The molecule has 6 nitrogen and oxygen atoms in total. The van der Waals surface area contributed by atoms with Gasteiger partial charge in [0.2, 0.25) is 15.9 Å². The Morgan fingerprint density at radius 1 is 1.04 bits per heavy atom. The predicted octanol–water partition coefficient (Wildman–Crippen LogP) is 3.73. The first-order valence-corrected chi connectivity index (χ1v) is 10.5. The van der Waals surface area contributed by atoms with Gasteiger partial charge in [0, 0.05) is 29.5 Å². The van der Waals surface area contributed by atoms with Gasteiger partial charge >= 0.3 is 0 Å². The molecule has 146 valence electrons. The maximum atomic E-state index is 12.8. The lowest BCUT2D eigenvalue weighted by atomic mass is 10.2. The standard InChI is InChI=1S/C19H24ClN3O3S/c1-4-23(5-2)27(25,26)18-12-17(9-6-14(18)3)21-13-19(24)22-16-10-7-15(20)8-11-16/h6-12,21H,4-5,13H2,1-3H3,(H,22,24). The highest BCUT2D eigenvalue weighted by Crippen LogP contribution is 2.23. The van der Waals surface area contributed by atoms with Crippen LogP contribution in [-0.4, -0.2) is 38.3 Å². The van der Waals surface area contributed by atoms with Gasteiger partial charge < -0.3 is 10.6 Å². The van der Waals surface area contributed by atoms with Crippen LogP contribution >= 0.6 is 11.6 Å².